The molecule has 25 heavy (non-hydrogen) atoms. The van der Waals surface area contributed by atoms with E-state index in [2.05, 4.69) is 0 Å². The molecule has 0 N–H and O–H groups in total. The first-order valence-electron chi connectivity index (χ1n) is 7.51. The van der Waals surface area contributed by atoms with Crippen LogP contribution in [-0.2, 0) is 9.47 Å². The van der Waals surface area contributed by atoms with Gasteiger partial charge in [-0.05, 0) is 47.6 Å². The third-order valence-electron chi connectivity index (χ3n) is 2.61. The molecule has 0 saturated carbocycles. The number of ether oxygens (including phenoxy) is 2. The molecule has 134 valence electrons. The Bertz CT molecular complexity index is 663. The molecule has 0 aliphatic rings. The Balaban J connectivity index is 3.33. The molecule has 0 aliphatic heterocycles. The second kappa shape index (κ2) is 7.12. The van der Waals surface area contributed by atoms with Crippen molar-refractivity contribution >= 4 is 36.9 Å². The summed E-state index contributed by atoms with van der Waals surface area (Å²) < 4.78 is 10.4. The minimum Gasteiger partial charge on any atom is -0.443 e. The lowest BCUT2D eigenvalue weighted by molar-refractivity contribution is -0.384. The molecule has 0 unspecified atom stereocenters. The lowest BCUT2D eigenvalue weighted by Crippen LogP contribution is -2.45. The number of non-ortho nitro benzene ring substituents is 1. The summed E-state index contributed by atoms with van der Waals surface area (Å²) in [6.45, 7) is 9.82. The molecule has 2 amide bonds. The molecule has 2 radical (unpaired) electrons. The Hall–Kier alpha value is -2.58. The van der Waals surface area contributed by atoms with Crippen LogP contribution in [-0.4, -0.2) is 36.2 Å². The Morgan fingerprint density at radius 2 is 1.48 bits per heavy atom. The standard InChI is InChI=1S/C16H21BN2O6/c1-15(2,3)24-13(20)18(14(21)25-16(4,5)6)12-8-7-10(19(22)23)9-11(12)17/h7-9H,1-6H3. The van der Waals surface area contributed by atoms with E-state index < -0.39 is 28.3 Å². The van der Waals surface area contributed by atoms with Crippen molar-refractivity contribution in [1.82, 2.24) is 0 Å². The highest BCUT2D eigenvalue weighted by Crippen LogP contribution is 2.22. The number of nitro groups is 1. The molecule has 0 bridgehead atoms. The van der Waals surface area contributed by atoms with E-state index in [0.717, 1.165) is 12.1 Å². The van der Waals surface area contributed by atoms with Crippen LogP contribution in [0.4, 0.5) is 21.0 Å². The van der Waals surface area contributed by atoms with Crippen LogP contribution in [0.25, 0.3) is 0 Å². The van der Waals surface area contributed by atoms with E-state index in [1.807, 2.05) is 0 Å². The van der Waals surface area contributed by atoms with Gasteiger partial charge in [-0.3, -0.25) is 10.1 Å². The van der Waals surface area contributed by atoms with Gasteiger partial charge >= 0.3 is 12.2 Å². The van der Waals surface area contributed by atoms with Crippen molar-refractivity contribution in [3.05, 3.63) is 28.3 Å². The molecule has 0 spiro atoms. The van der Waals surface area contributed by atoms with Crippen LogP contribution < -0.4 is 10.4 Å². The maximum Gasteiger partial charge on any atom is 0.424 e. The van der Waals surface area contributed by atoms with Crippen LogP contribution >= 0.6 is 0 Å². The topological polar surface area (TPSA) is 99.0 Å². The van der Waals surface area contributed by atoms with Crippen LogP contribution in [0.3, 0.4) is 0 Å². The number of carbonyl (C=O) groups excluding carboxylic acids is 2. The van der Waals surface area contributed by atoms with E-state index in [1.165, 1.54) is 6.07 Å². The van der Waals surface area contributed by atoms with Gasteiger partial charge in [0.2, 0.25) is 0 Å². The summed E-state index contributed by atoms with van der Waals surface area (Å²) in [4.78, 5) is 35.8. The van der Waals surface area contributed by atoms with Gasteiger partial charge in [0.1, 0.15) is 19.0 Å². The molecule has 0 heterocycles. The first-order chi connectivity index (χ1) is 11.2. The van der Waals surface area contributed by atoms with Gasteiger partial charge in [0.25, 0.3) is 5.69 Å². The molecule has 0 aromatic heterocycles. The van der Waals surface area contributed by atoms with E-state index >= 15 is 0 Å². The minimum atomic E-state index is -0.998. The second-order valence-electron chi connectivity index (χ2n) is 7.30. The van der Waals surface area contributed by atoms with Crippen molar-refractivity contribution in [2.24, 2.45) is 0 Å². The molecule has 0 aliphatic carbocycles. The summed E-state index contributed by atoms with van der Waals surface area (Å²) >= 11 is 0. The fraction of sp³-hybridized carbons (Fsp3) is 0.500. The number of hydrogen-bond donors (Lipinski definition) is 0. The monoisotopic (exact) mass is 348 g/mol. The molecule has 0 saturated heterocycles. The predicted octanol–water partition coefficient (Wildman–Crippen LogP) is 3.07. The largest absolute Gasteiger partial charge is 0.443 e. The maximum absolute atomic E-state index is 12.5. The zero-order chi connectivity index (χ0) is 19.6. The van der Waals surface area contributed by atoms with E-state index in [1.54, 1.807) is 41.5 Å². The number of hydrogen-bond acceptors (Lipinski definition) is 6. The highest BCUT2D eigenvalue weighted by atomic mass is 16.6. The third kappa shape index (κ3) is 6.09. The van der Waals surface area contributed by atoms with Gasteiger partial charge in [0.15, 0.2) is 0 Å². The molecule has 0 fully saturated rings. The molecular formula is C16H21BN2O6. The molecule has 1 rings (SSSR count). The fourth-order valence-electron chi connectivity index (χ4n) is 1.75. The highest BCUT2D eigenvalue weighted by Gasteiger charge is 2.33. The van der Waals surface area contributed by atoms with Crippen molar-refractivity contribution in [3.63, 3.8) is 0 Å². The van der Waals surface area contributed by atoms with Gasteiger partial charge in [-0.1, -0.05) is 5.46 Å². The zero-order valence-corrected chi connectivity index (χ0v) is 15.2. The van der Waals surface area contributed by atoms with Crippen LogP contribution in [0, 0.1) is 10.1 Å². The summed E-state index contributed by atoms with van der Waals surface area (Å²) in [5, 5.41) is 10.8. The van der Waals surface area contributed by atoms with Gasteiger partial charge < -0.3 is 9.47 Å². The van der Waals surface area contributed by atoms with Crippen LogP contribution in [0.15, 0.2) is 18.2 Å². The van der Waals surface area contributed by atoms with E-state index in [4.69, 9.17) is 17.3 Å². The number of nitro benzene ring substituents is 1. The quantitative estimate of drug-likeness (QED) is 0.463. The van der Waals surface area contributed by atoms with Gasteiger partial charge in [-0.25, -0.2) is 9.59 Å². The Kier molecular flexibility index (Phi) is 5.83. The number of benzene rings is 1. The molecule has 9 heteroatoms. The summed E-state index contributed by atoms with van der Waals surface area (Å²) in [5.74, 6) is 0. The zero-order valence-electron chi connectivity index (χ0n) is 15.2. The van der Waals surface area contributed by atoms with Crippen LogP contribution in [0.2, 0.25) is 0 Å². The average Bonchev–Trinajstić information content (AvgIpc) is 2.36. The maximum atomic E-state index is 12.5. The van der Waals surface area contributed by atoms with Crippen molar-refractivity contribution in [1.29, 1.82) is 0 Å². The smallest absolute Gasteiger partial charge is 0.424 e. The second-order valence-corrected chi connectivity index (χ2v) is 7.30. The Morgan fingerprint density at radius 1 is 1.04 bits per heavy atom. The minimum absolute atomic E-state index is 0.0610. The third-order valence-corrected chi connectivity index (χ3v) is 2.61. The number of rotatable bonds is 2. The molecule has 1 aromatic rings. The highest BCUT2D eigenvalue weighted by molar-refractivity contribution is 6.38. The average molecular weight is 348 g/mol. The lowest BCUT2D eigenvalue weighted by atomic mass is 9.93. The van der Waals surface area contributed by atoms with Gasteiger partial charge in [0.05, 0.1) is 10.6 Å². The first kappa shape index (κ1) is 20.5. The Labute approximate surface area is 147 Å². The van der Waals surface area contributed by atoms with Gasteiger partial charge in [-0.2, -0.15) is 4.90 Å². The van der Waals surface area contributed by atoms with Gasteiger partial charge in [-0.15, -0.1) is 0 Å². The van der Waals surface area contributed by atoms with E-state index in [0.29, 0.717) is 4.90 Å². The Morgan fingerprint density at radius 3 is 1.80 bits per heavy atom. The number of imide groups is 1. The van der Waals surface area contributed by atoms with E-state index in [-0.39, 0.29) is 16.8 Å². The first-order valence-corrected chi connectivity index (χ1v) is 7.51. The number of amides is 2. The van der Waals surface area contributed by atoms with Gasteiger partial charge in [0, 0.05) is 12.1 Å². The summed E-state index contributed by atoms with van der Waals surface area (Å²) in [5.41, 5.74) is -2.20. The molecular weight excluding hydrogens is 327 g/mol. The summed E-state index contributed by atoms with van der Waals surface area (Å²) in [6.07, 6.45) is -2.00. The van der Waals surface area contributed by atoms with Crippen molar-refractivity contribution in [3.8, 4) is 0 Å². The lowest BCUT2D eigenvalue weighted by Gasteiger charge is -2.29. The van der Waals surface area contributed by atoms with Crippen LogP contribution in [0.1, 0.15) is 41.5 Å². The molecule has 8 nitrogen and oxygen atoms in total. The SMILES string of the molecule is [B]c1cc([N+](=O)[O-])ccc1N(C(=O)OC(C)(C)C)C(=O)OC(C)(C)C. The summed E-state index contributed by atoms with van der Waals surface area (Å²) in [7, 11) is 5.80. The number of anilines is 1. The fourth-order valence-corrected chi connectivity index (χ4v) is 1.75. The van der Waals surface area contributed by atoms with Crippen molar-refractivity contribution in [2.45, 2.75) is 52.7 Å². The number of carbonyl (C=O) groups is 2. The normalized spacial score (nSPS) is 11.6. The summed E-state index contributed by atoms with van der Waals surface area (Å²) in [6, 6.07) is 3.38. The van der Waals surface area contributed by atoms with Crippen molar-refractivity contribution in [2.75, 3.05) is 4.90 Å². The van der Waals surface area contributed by atoms with E-state index in [9.17, 15) is 19.7 Å². The molecule has 0 atom stereocenters. The van der Waals surface area contributed by atoms with Crippen LogP contribution in [0.5, 0.6) is 0 Å². The predicted molar refractivity (Wildman–Crippen MR) is 93.4 cm³/mol. The van der Waals surface area contributed by atoms with Crippen molar-refractivity contribution < 1.29 is 24.0 Å². The number of nitrogens with zero attached hydrogens (tertiary/aromatic N) is 2. The molecule has 1 aromatic carbocycles.